The number of aromatic nitrogens is 4. The standard InChI is InChI=1S/C15H11N5.C11H21N.C7H15N.C2H6/c1-2-9-7-20-4-3-10(5-12(9)20)11-6-17-15-13(11)14(16)18-8-19-15;1-3-7-11(8-4-1)12-9-5-2-6-10-12;1-8-7-5-3-2-4-6-7;1-2/h2-8H,1H2,(H2,16,18,19);11H,1-10H2;7-8H,2-6H2,1H3;1-2H3/p+1. The SMILES string of the molecule is C1CCC(N2CCCCC2)CC1.C=CC1=C[n+]2ccc(-c3c[nH]c4ncnc(N)c34)cc21.CC.CNC1CCCCC1. The third kappa shape index (κ3) is 8.07. The van der Waals surface area contributed by atoms with Crippen LogP contribution in [0.15, 0.2) is 43.5 Å². The number of allylic oxidation sites excluding steroid dienone is 2. The first-order valence-corrected chi connectivity index (χ1v) is 16.6. The topological polar surface area (TPSA) is 86.7 Å². The lowest BCUT2D eigenvalue weighted by atomic mass is 9.93. The number of nitrogens with one attached hydrogen (secondary N) is 2. The van der Waals surface area contributed by atoms with E-state index >= 15 is 0 Å². The molecule has 4 N–H and O–H groups in total. The number of anilines is 1. The van der Waals surface area contributed by atoms with E-state index in [0.717, 1.165) is 45.5 Å². The number of H-pyrrole nitrogens is 1. The zero-order valence-electron chi connectivity index (χ0n) is 26.4. The van der Waals surface area contributed by atoms with Gasteiger partial charge in [-0.25, -0.2) is 9.97 Å². The number of nitrogen functional groups attached to an aromatic ring is 1. The second kappa shape index (κ2) is 16.6. The van der Waals surface area contributed by atoms with Gasteiger partial charge in [0.25, 0.3) is 0 Å². The van der Waals surface area contributed by atoms with Gasteiger partial charge in [0.15, 0.2) is 12.4 Å². The van der Waals surface area contributed by atoms with Crippen LogP contribution in [0.2, 0.25) is 0 Å². The Morgan fingerprint density at radius 1 is 0.976 bits per heavy atom. The zero-order valence-corrected chi connectivity index (χ0v) is 26.4. The maximum Gasteiger partial charge on any atom is 0.224 e. The molecular weight excluding hydrogens is 518 g/mol. The third-order valence-electron chi connectivity index (χ3n) is 9.08. The number of hydrogen-bond donors (Lipinski definition) is 3. The van der Waals surface area contributed by atoms with Crippen LogP contribution in [0.4, 0.5) is 5.82 Å². The lowest BCUT2D eigenvalue weighted by Gasteiger charge is -2.36. The summed E-state index contributed by atoms with van der Waals surface area (Å²) in [4.78, 5) is 14.1. The van der Waals surface area contributed by atoms with Crippen LogP contribution in [0.3, 0.4) is 0 Å². The van der Waals surface area contributed by atoms with Crippen molar-refractivity contribution >= 4 is 28.6 Å². The molecule has 1 saturated heterocycles. The molecule has 4 aliphatic rings. The smallest absolute Gasteiger partial charge is 0.224 e. The van der Waals surface area contributed by atoms with Gasteiger partial charge in [0.2, 0.25) is 5.69 Å². The van der Waals surface area contributed by atoms with E-state index < -0.39 is 0 Å². The highest BCUT2D eigenvalue weighted by molar-refractivity contribution is 6.00. The molecule has 3 aromatic heterocycles. The van der Waals surface area contributed by atoms with E-state index in [1.807, 2.05) is 38.5 Å². The molecule has 0 radical (unpaired) electrons. The van der Waals surface area contributed by atoms with Crippen LogP contribution in [0.25, 0.3) is 33.9 Å². The second-order valence-corrected chi connectivity index (χ2v) is 11.7. The molecule has 7 nitrogen and oxygen atoms in total. The van der Waals surface area contributed by atoms with Gasteiger partial charge in [0.05, 0.1) is 5.39 Å². The number of rotatable bonds is 4. The first-order chi connectivity index (χ1) is 20.7. The summed E-state index contributed by atoms with van der Waals surface area (Å²) in [6, 6.07) is 5.98. The van der Waals surface area contributed by atoms with E-state index in [2.05, 4.69) is 55.5 Å². The van der Waals surface area contributed by atoms with Crippen LogP contribution < -0.4 is 15.6 Å². The van der Waals surface area contributed by atoms with Crippen molar-refractivity contribution in [1.82, 2.24) is 25.2 Å². The number of piperidine rings is 1. The monoisotopic (exact) mass is 572 g/mol. The number of pyridine rings is 1. The molecule has 2 saturated carbocycles. The summed E-state index contributed by atoms with van der Waals surface area (Å²) < 4.78 is 2.06. The van der Waals surface area contributed by atoms with E-state index in [0.29, 0.717) is 5.82 Å². The minimum atomic E-state index is 0.487. The Morgan fingerprint density at radius 3 is 2.29 bits per heavy atom. The van der Waals surface area contributed by atoms with E-state index in [-0.39, 0.29) is 0 Å². The average Bonchev–Trinajstić information content (AvgIpc) is 3.50. The van der Waals surface area contributed by atoms with Crippen molar-refractivity contribution in [1.29, 1.82) is 0 Å². The Balaban J connectivity index is 0.000000157. The second-order valence-electron chi connectivity index (χ2n) is 11.7. The summed E-state index contributed by atoms with van der Waals surface area (Å²) in [5, 5.41) is 4.17. The summed E-state index contributed by atoms with van der Waals surface area (Å²) in [5.74, 6) is 0.487. The molecule has 0 spiro atoms. The molecule has 3 aromatic rings. The molecule has 228 valence electrons. The van der Waals surface area contributed by atoms with Crippen LogP contribution >= 0.6 is 0 Å². The average molecular weight is 573 g/mol. The molecule has 5 heterocycles. The number of likely N-dealkylation sites (tertiary alicyclic amines) is 1. The number of nitrogens with two attached hydrogens (primary N) is 1. The first kappa shape index (κ1) is 31.9. The Morgan fingerprint density at radius 2 is 1.64 bits per heavy atom. The first-order valence-electron chi connectivity index (χ1n) is 16.6. The van der Waals surface area contributed by atoms with Crippen LogP contribution in [-0.2, 0) is 0 Å². The van der Waals surface area contributed by atoms with E-state index in [4.69, 9.17) is 5.73 Å². The van der Waals surface area contributed by atoms with Gasteiger partial charge in [-0.15, -0.1) is 0 Å². The molecule has 0 bridgehead atoms. The molecule has 3 fully saturated rings. The molecule has 2 aliphatic carbocycles. The maximum absolute atomic E-state index is 5.97. The number of hydrogen-bond acceptors (Lipinski definition) is 5. The highest BCUT2D eigenvalue weighted by atomic mass is 15.2. The molecule has 0 amide bonds. The predicted molar refractivity (Wildman–Crippen MR) is 178 cm³/mol. The zero-order chi connectivity index (χ0) is 29.7. The molecule has 0 atom stereocenters. The highest BCUT2D eigenvalue weighted by Gasteiger charge is 2.25. The molecule has 0 aromatic carbocycles. The fraction of sp³-hybridized carbons (Fsp3) is 0.571. The van der Waals surface area contributed by atoms with Crippen LogP contribution in [-0.4, -0.2) is 52.1 Å². The van der Waals surface area contributed by atoms with Crippen molar-refractivity contribution in [3.05, 3.63) is 49.2 Å². The lowest BCUT2D eigenvalue weighted by molar-refractivity contribution is -0.582. The summed E-state index contributed by atoms with van der Waals surface area (Å²) in [7, 11) is 2.07. The van der Waals surface area contributed by atoms with Gasteiger partial charge in [0, 0.05) is 36.0 Å². The van der Waals surface area contributed by atoms with Crippen molar-refractivity contribution in [2.45, 2.75) is 109 Å². The van der Waals surface area contributed by atoms with Crippen molar-refractivity contribution in [3.63, 3.8) is 0 Å². The Labute approximate surface area is 253 Å². The Bertz CT molecular complexity index is 1260. The largest absolute Gasteiger partial charge is 0.383 e. The Hall–Kier alpha value is -3.03. The van der Waals surface area contributed by atoms with Gasteiger partial charge in [-0.05, 0) is 70.3 Å². The molecule has 7 heteroatoms. The predicted octanol–water partition coefficient (Wildman–Crippen LogP) is 7.36. The summed E-state index contributed by atoms with van der Waals surface area (Å²) in [6.07, 6.45) is 28.2. The summed E-state index contributed by atoms with van der Waals surface area (Å²) >= 11 is 0. The van der Waals surface area contributed by atoms with E-state index in [9.17, 15) is 0 Å². The van der Waals surface area contributed by atoms with Gasteiger partial charge in [-0.3, -0.25) is 0 Å². The molecule has 2 aliphatic heterocycles. The van der Waals surface area contributed by atoms with Gasteiger partial charge in [-0.1, -0.05) is 65.4 Å². The molecule has 0 unspecified atom stereocenters. The van der Waals surface area contributed by atoms with Gasteiger partial charge in [0.1, 0.15) is 23.4 Å². The third-order valence-corrected chi connectivity index (χ3v) is 9.08. The number of fused-ring (bicyclic) bond motifs is 2. The molecule has 7 rings (SSSR count). The quantitative estimate of drug-likeness (QED) is 0.284. The summed E-state index contributed by atoms with van der Waals surface area (Å²) in [6.45, 7) is 10.6. The van der Waals surface area contributed by atoms with Crippen molar-refractivity contribution in [3.8, 4) is 11.1 Å². The van der Waals surface area contributed by atoms with Crippen molar-refractivity contribution in [2.75, 3.05) is 25.9 Å². The van der Waals surface area contributed by atoms with Gasteiger partial charge in [-0.2, -0.15) is 4.57 Å². The number of aromatic amines is 1. The van der Waals surface area contributed by atoms with Gasteiger partial charge >= 0.3 is 0 Å². The fourth-order valence-corrected chi connectivity index (χ4v) is 6.67. The van der Waals surface area contributed by atoms with Crippen molar-refractivity contribution in [2.24, 2.45) is 0 Å². The molecule has 42 heavy (non-hydrogen) atoms. The maximum atomic E-state index is 5.97. The normalized spacial score (nSPS) is 19.0. The van der Waals surface area contributed by atoms with Crippen LogP contribution in [0.5, 0.6) is 0 Å². The molecular formula is C35H54N7+. The Kier molecular flexibility index (Phi) is 12.6. The highest BCUT2D eigenvalue weighted by Crippen LogP contribution is 2.32. The van der Waals surface area contributed by atoms with Crippen LogP contribution in [0.1, 0.15) is 103 Å². The summed E-state index contributed by atoms with van der Waals surface area (Å²) in [5.41, 5.74) is 11.1. The van der Waals surface area contributed by atoms with Gasteiger partial charge < -0.3 is 20.9 Å². The number of nitrogens with zero attached hydrogens (tertiary/aromatic N) is 4. The van der Waals surface area contributed by atoms with E-state index in [1.165, 1.54) is 103 Å². The minimum absolute atomic E-state index is 0.487. The van der Waals surface area contributed by atoms with Crippen LogP contribution in [0, 0.1) is 0 Å². The lowest BCUT2D eigenvalue weighted by Crippen LogP contribution is -2.40. The van der Waals surface area contributed by atoms with Crippen molar-refractivity contribution < 1.29 is 4.57 Å². The van der Waals surface area contributed by atoms with E-state index in [1.54, 1.807) is 0 Å². The minimum Gasteiger partial charge on any atom is -0.383 e. The fourth-order valence-electron chi connectivity index (χ4n) is 6.67.